The zero-order valence-corrected chi connectivity index (χ0v) is 16.4. The summed E-state index contributed by atoms with van der Waals surface area (Å²) in [5.41, 5.74) is 1.71. The highest BCUT2D eigenvalue weighted by atomic mass is 16.1. The number of carbonyl (C=O) groups is 1. The average molecular weight is 377 g/mol. The monoisotopic (exact) mass is 377 g/mol. The molecule has 2 N–H and O–H groups in total. The van der Waals surface area contributed by atoms with Crippen LogP contribution >= 0.6 is 0 Å². The first-order valence-electron chi connectivity index (χ1n) is 9.09. The molecule has 3 rings (SSSR count). The van der Waals surface area contributed by atoms with Crippen LogP contribution in [0.5, 0.6) is 0 Å². The Labute approximate surface area is 163 Å². The number of nitrogens with zero attached hydrogens (tertiary/aromatic N) is 5. The van der Waals surface area contributed by atoms with E-state index in [0.717, 1.165) is 12.4 Å². The molecule has 0 aliphatic heterocycles. The highest BCUT2D eigenvalue weighted by molar-refractivity contribution is 6.04. The van der Waals surface area contributed by atoms with Crippen molar-refractivity contribution in [3.05, 3.63) is 53.6 Å². The van der Waals surface area contributed by atoms with Gasteiger partial charge in [0.1, 0.15) is 17.3 Å². The van der Waals surface area contributed by atoms with E-state index in [2.05, 4.69) is 49.4 Å². The summed E-state index contributed by atoms with van der Waals surface area (Å²) in [7, 11) is 0. The summed E-state index contributed by atoms with van der Waals surface area (Å²) in [6.45, 7) is 8.60. The zero-order chi connectivity index (χ0) is 20.1. The highest BCUT2D eigenvalue weighted by Crippen LogP contribution is 2.15. The van der Waals surface area contributed by atoms with Gasteiger partial charge in [0.25, 0.3) is 5.91 Å². The first-order chi connectivity index (χ1) is 13.4. The van der Waals surface area contributed by atoms with E-state index in [1.165, 1.54) is 0 Å². The minimum Gasteiger partial charge on any atom is -0.370 e. The van der Waals surface area contributed by atoms with Gasteiger partial charge < -0.3 is 5.32 Å². The quantitative estimate of drug-likeness (QED) is 0.679. The Hall–Kier alpha value is -3.42. The lowest BCUT2D eigenvalue weighted by Crippen LogP contribution is -2.18. The second kappa shape index (κ2) is 8.51. The van der Waals surface area contributed by atoms with E-state index in [4.69, 9.17) is 0 Å². The van der Waals surface area contributed by atoms with Crippen molar-refractivity contribution in [1.82, 2.24) is 24.9 Å². The van der Waals surface area contributed by atoms with Gasteiger partial charge in [-0.25, -0.2) is 9.97 Å². The molecule has 3 heterocycles. The van der Waals surface area contributed by atoms with Gasteiger partial charge in [-0.2, -0.15) is 9.97 Å². The molecule has 3 aromatic heterocycles. The van der Waals surface area contributed by atoms with Crippen molar-refractivity contribution in [3.8, 4) is 11.5 Å². The molecule has 0 atom stereocenters. The summed E-state index contributed by atoms with van der Waals surface area (Å²) in [6, 6.07) is 9.01. The average Bonchev–Trinajstić information content (AvgIpc) is 2.66. The molecule has 0 radical (unpaired) electrons. The summed E-state index contributed by atoms with van der Waals surface area (Å²) in [5, 5.41) is 5.98. The fraction of sp³-hybridized carbons (Fsp3) is 0.300. The van der Waals surface area contributed by atoms with Gasteiger partial charge in [0.15, 0.2) is 5.82 Å². The Morgan fingerprint density at radius 3 is 2.54 bits per heavy atom. The second-order valence-electron chi connectivity index (χ2n) is 6.80. The minimum absolute atomic E-state index is 0.180. The number of anilines is 2. The Balaban J connectivity index is 1.79. The van der Waals surface area contributed by atoms with Gasteiger partial charge in [-0.15, -0.1) is 0 Å². The third-order valence-electron chi connectivity index (χ3n) is 3.89. The molecular weight excluding hydrogens is 354 g/mol. The lowest BCUT2D eigenvalue weighted by molar-refractivity contribution is 0.102. The topological polar surface area (TPSA) is 106 Å². The fourth-order valence-corrected chi connectivity index (χ4v) is 2.52. The fourth-order valence-electron chi connectivity index (χ4n) is 2.52. The van der Waals surface area contributed by atoms with Crippen LogP contribution < -0.4 is 10.6 Å². The zero-order valence-electron chi connectivity index (χ0n) is 16.4. The molecular formula is C20H23N7O. The molecule has 0 unspecified atom stereocenters. The third kappa shape index (κ3) is 4.85. The molecule has 8 nitrogen and oxygen atoms in total. The molecule has 0 bridgehead atoms. The van der Waals surface area contributed by atoms with Crippen LogP contribution in [0.2, 0.25) is 0 Å². The molecule has 0 aromatic carbocycles. The van der Waals surface area contributed by atoms with Gasteiger partial charge in [-0.1, -0.05) is 19.9 Å². The van der Waals surface area contributed by atoms with Crippen LogP contribution in [0.4, 0.5) is 11.8 Å². The Morgan fingerprint density at radius 1 is 1.04 bits per heavy atom. The smallest absolute Gasteiger partial charge is 0.259 e. The van der Waals surface area contributed by atoms with Gasteiger partial charge in [0, 0.05) is 12.7 Å². The molecule has 0 aliphatic carbocycles. The SMILES string of the molecule is Cc1nc(NC(=O)c2ccc(NCC(C)C)nc2C)nc(-c2ccccn2)n1. The molecule has 144 valence electrons. The maximum Gasteiger partial charge on any atom is 0.259 e. The Kier molecular flexibility index (Phi) is 5.88. The number of aryl methyl sites for hydroxylation is 2. The van der Waals surface area contributed by atoms with Crippen molar-refractivity contribution in [3.63, 3.8) is 0 Å². The van der Waals surface area contributed by atoms with Crippen LogP contribution in [-0.4, -0.2) is 37.4 Å². The summed E-state index contributed by atoms with van der Waals surface area (Å²) in [4.78, 5) is 34.2. The maximum absolute atomic E-state index is 12.7. The number of hydrogen-bond donors (Lipinski definition) is 2. The van der Waals surface area contributed by atoms with E-state index in [9.17, 15) is 4.79 Å². The summed E-state index contributed by atoms with van der Waals surface area (Å²) in [6.07, 6.45) is 1.66. The Morgan fingerprint density at radius 2 is 1.86 bits per heavy atom. The van der Waals surface area contributed by atoms with Crippen molar-refractivity contribution in [2.75, 3.05) is 17.2 Å². The van der Waals surface area contributed by atoms with Gasteiger partial charge in [-0.05, 0) is 44.0 Å². The maximum atomic E-state index is 12.7. The Bertz CT molecular complexity index is 974. The summed E-state index contributed by atoms with van der Waals surface area (Å²) < 4.78 is 0. The predicted octanol–water partition coefficient (Wildman–Crippen LogP) is 3.27. The lowest BCUT2D eigenvalue weighted by atomic mass is 10.2. The third-order valence-corrected chi connectivity index (χ3v) is 3.89. The number of nitrogens with one attached hydrogen (secondary N) is 2. The molecule has 8 heteroatoms. The van der Waals surface area contributed by atoms with E-state index in [1.54, 1.807) is 38.2 Å². The van der Waals surface area contributed by atoms with E-state index in [0.29, 0.717) is 34.5 Å². The molecule has 0 saturated heterocycles. The standard InChI is InChI=1S/C20H23N7O/c1-12(2)11-22-17-9-8-15(13(3)23-17)19(28)27-20-25-14(4)24-18(26-20)16-7-5-6-10-21-16/h5-10,12H,11H2,1-4H3,(H,22,23)(H,24,25,26,27,28). The molecule has 0 spiro atoms. The highest BCUT2D eigenvalue weighted by Gasteiger charge is 2.14. The largest absolute Gasteiger partial charge is 0.370 e. The predicted molar refractivity (Wildman–Crippen MR) is 108 cm³/mol. The molecule has 1 amide bonds. The number of aromatic nitrogens is 5. The number of hydrogen-bond acceptors (Lipinski definition) is 7. The summed E-state index contributed by atoms with van der Waals surface area (Å²) >= 11 is 0. The normalized spacial score (nSPS) is 10.8. The van der Waals surface area contributed by atoms with Crippen LogP contribution in [0.25, 0.3) is 11.5 Å². The van der Waals surface area contributed by atoms with Gasteiger partial charge in [0.05, 0.1) is 11.3 Å². The second-order valence-corrected chi connectivity index (χ2v) is 6.80. The lowest BCUT2D eigenvalue weighted by Gasteiger charge is -2.11. The van der Waals surface area contributed by atoms with Crippen molar-refractivity contribution in [2.24, 2.45) is 5.92 Å². The van der Waals surface area contributed by atoms with Crippen LogP contribution in [0.1, 0.15) is 35.7 Å². The van der Waals surface area contributed by atoms with Crippen molar-refractivity contribution >= 4 is 17.7 Å². The van der Waals surface area contributed by atoms with Crippen LogP contribution in [0.15, 0.2) is 36.5 Å². The van der Waals surface area contributed by atoms with E-state index in [-0.39, 0.29) is 11.9 Å². The first-order valence-corrected chi connectivity index (χ1v) is 9.09. The van der Waals surface area contributed by atoms with Crippen LogP contribution in [0.3, 0.4) is 0 Å². The van der Waals surface area contributed by atoms with Crippen molar-refractivity contribution < 1.29 is 4.79 Å². The number of pyridine rings is 2. The summed E-state index contributed by atoms with van der Waals surface area (Å²) in [5.74, 6) is 2.01. The van der Waals surface area contributed by atoms with Gasteiger partial charge in [-0.3, -0.25) is 15.1 Å². The molecule has 28 heavy (non-hydrogen) atoms. The molecule has 0 aliphatic rings. The van der Waals surface area contributed by atoms with Crippen molar-refractivity contribution in [1.29, 1.82) is 0 Å². The molecule has 0 fully saturated rings. The molecule has 3 aromatic rings. The van der Waals surface area contributed by atoms with Gasteiger partial charge in [0.2, 0.25) is 5.95 Å². The van der Waals surface area contributed by atoms with Crippen LogP contribution in [-0.2, 0) is 0 Å². The molecule has 0 saturated carbocycles. The minimum atomic E-state index is -0.321. The van der Waals surface area contributed by atoms with E-state index < -0.39 is 0 Å². The van der Waals surface area contributed by atoms with E-state index >= 15 is 0 Å². The number of rotatable bonds is 6. The first kappa shape index (κ1) is 19.3. The number of amides is 1. The number of carbonyl (C=O) groups excluding carboxylic acids is 1. The van der Waals surface area contributed by atoms with Crippen LogP contribution in [0, 0.1) is 19.8 Å². The van der Waals surface area contributed by atoms with Gasteiger partial charge >= 0.3 is 0 Å². The van der Waals surface area contributed by atoms with E-state index in [1.807, 2.05) is 12.1 Å². The van der Waals surface area contributed by atoms with Crippen molar-refractivity contribution in [2.45, 2.75) is 27.7 Å².